The third kappa shape index (κ3) is 3.42. The second-order valence-electron chi connectivity index (χ2n) is 5.70. The summed E-state index contributed by atoms with van der Waals surface area (Å²) in [4.78, 5) is 0. The van der Waals surface area contributed by atoms with Crippen molar-refractivity contribution in [1.29, 1.82) is 0 Å². The summed E-state index contributed by atoms with van der Waals surface area (Å²) in [6, 6.07) is 7.15. The van der Waals surface area contributed by atoms with Gasteiger partial charge in [0.1, 0.15) is 11.6 Å². The van der Waals surface area contributed by atoms with Crippen molar-refractivity contribution in [2.75, 3.05) is 7.11 Å². The fourth-order valence-corrected chi connectivity index (χ4v) is 2.38. The zero-order valence-electron chi connectivity index (χ0n) is 12.9. The van der Waals surface area contributed by atoms with Crippen molar-refractivity contribution in [1.82, 2.24) is 0 Å². The molecule has 0 aromatic heterocycles. The van der Waals surface area contributed by atoms with E-state index in [-0.39, 0.29) is 11.7 Å². The first-order chi connectivity index (χ1) is 9.83. The minimum Gasteiger partial charge on any atom is -0.497 e. The summed E-state index contributed by atoms with van der Waals surface area (Å²) in [6.07, 6.45) is 4.83. The molecule has 1 aliphatic rings. The number of aliphatic hydroxyl groups is 1. The first-order valence-corrected chi connectivity index (χ1v) is 6.98. The summed E-state index contributed by atoms with van der Waals surface area (Å²) >= 11 is 0. The van der Waals surface area contributed by atoms with Gasteiger partial charge in [-0.15, -0.1) is 0 Å². The van der Waals surface area contributed by atoms with Crippen LogP contribution in [0.1, 0.15) is 26.3 Å². The molecule has 1 aliphatic carbocycles. The van der Waals surface area contributed by atoms with E-state index in [1.807, 2.05) is 13.8 Å². The molecule has 112 valence electrons. The molecule has 0 saturated carbocycles. The molecule has 2 nitrogen and oxygen atoms in total. The predicted molar refractivity (Wildman–Crippen MR) is 83.7 cm³/mol. The molecule has 1 N–H and O–H groups in total. The van der Waals surface area contributed by atoms with Crippen LogP contribution in [0.15, 0.2) is 53.4 Å². The highest BCUT2D eigenvalue weighted by Crippen LogP contribution is 2.35. The number of methoxy groups -OCH3 is 1. The van der Waals surface area contributed by atoms with Gasteiger partial charge in [-0.2, -0.15) is 0 Å². The first kappa shape index (κ1) is 15.5. The van der Waals surface area contributed by atoms with Crippen LogP contribution in [0.2, 0.25) is 0 Å². The smallest absolute Gasteiger partial charge is 0.130 e. The first-order valence-electron chi connectivity index (χ1n) is 6.98. The third-order valence-electron chi connectivity index (χ3n) is 4.08. The molecule has 0 bridgehead atoms. The van der Waals surface area contributed by atoms with Crippen molar-refractivity contribution in [3.8, 4) is 5.75 Å². The van der Waals surface area contributed by atoms with Gasteiger partial charge in [-0.1, -0.05) is 30.7 Å². The van der Waals surface area contributed by atoms with E-state index in [2.05, 4.69) is 0 Å². The third-order valence-corrected chi connectivity index (χ3v) is 4.08. The maximum atomic E-state index is 14.4. The normalized spacial score (nSPS) is 26.2. The zero-order valence-corrected chi connectivity index (χ0v) is 12.9. The summed E-state index contributed by atoms with van der Waals surface area (Å²) in [5, 5.41) is 10.3. The fraction of sp³-hybridized carbons (Fsp3) is 0.333. The number of ether oxygens (including phenoxy) is 1. The van der Waals surface area contributed by atoms with Gasteiger partial charge in [0, 0.05) is 11.5 Å². The number of hydrogen-bond donors (Lipinski definition) is 1. The van der Waals surface area contributed by atoms with Gasteiger partial charge < -0.3 is 9.84 Å². The summed E-state index contributed by atoms with van der Waals surface area (Å²) in [5.41, 5.74) is 1.11. The van der Waals surface area contributed by atoms with Crippen LogP contribution in [-0.2, 0) is 0 Å². The van der Waals surface area contributed by atoms with E-state index in [9.17, 15) is 9.50 Å². The molecule has 3 heteroatoms. The van der Waals surface area contributed by atoms with Crippen LogP contribution in [0.25, 0.3) is 6.08 Å². The summed E-state index contributed by atoms with van der Waals surface area (Å²) in [5.74, 6) is 0.360. The van der Waals surface area contributed by atoms with E-state index in [1.165, 1.54) is 6.08 Å². The minimum absolute atomic E-state index is 0.0185. The Bertz CT molecular complexity index is 607. The Kier molecular flexibility index (Phi) is 4.33. The van der Waals surface area contributed by atoms with Crippen molar-refractivity contribution in [3.63, 3.8) is 0 Å². The van der Waals surface area contributed by atoms with Crippen molar-refractivity contribution in [2.45, 2.75) is 26.4 Å². The lowest BCUT2D eigenvalue weighted by molar-refractivity contribution is 0.0672. The molecule has 0 radical (unpaired) electrons. The Morgan fingerprint density at radius 3 is 2.48 bits per heavy atom. The van der Waals surface area contributed by atoms with Gasteiger partial charge in [-0.25, -0.2) is 4.39 Å². The maximum Gasteiger partial charge on any atom is 0.130 e. The Morgan fingerprint density at radius 2 is 1.95 bits per heavy atom. The predicted octanol–water partition coefficient (Wildman–Crippen LogP) is 4.28. The second-order valence-corrected chi connectivity index (χ2v) is 5.70. The summed E-state index contributed by atoms with van der Waals surface area (Å²) in [6.45, 7) is 5.55. The molecule has 0 spiro atoms. The van der Waals surface area contributed by atoms with Crippen LogP contribution in [0, 0.1) is 5.92 Å². The van der Waals surface area contributed by atoms with Crippen LogP contribution in [0.3, 0.4) is 0 Å². The number of rotatable bonds is 3. The Balaban J connectivity index is 2.30. The maximum absolute atomic E-state index is 14.4. The lowest BCUT2D eigenvalue weighted by atomic mass is 9.79. The van der Waals surface area contributed by atoms with E-state index in [0.29, 0.717) is 5.57 Å². The number of benzene rings is 1. The van der Waals surface area contributed by atoms with Gasteiger partial charge in [-0.3, -0.25) is 0 Å². The highest BCUT2D eigenvalue weighted by molar-refractivity contribution is 5.60. The molecule has 0 aliphatic heterocycles. The topological polar surface area (TPSA) is 29.5 Å². The second kappa shape index (κ2) is 5.86. The van der Waals surface area contributed by atoms with Gasteiger partial charge in [0.25, 0.3) is 0 Å². The molecule has 21 heavy (non-hydrogen) atoms. The van der Waals surface area contributed by atoms with Crippen LogP contribution < -0.4 is 4.74 Å². The number of hydrogen-bond acceptors (Lipinski definition) is 2. The van der Waals surface area contributed by atoms with Crippen LogP contribution in [-0.4, -0.2) is 17.8 Å². The lowest BCUT2D eigenvalue weighted by Gasteiger charge is -2.32. The molecular weight excluding hydrogens is 267 g/mol. The Morgan fingerprint density at radius 1 is 1.33 bits per heavy atom. The quantitative estimate of drug-likeness (QED) is 0.899. The molecule has 0 amide bonds. The average Bonchev–Trinajstić information content (AvgIpc) is 2.45. The van der Waals surface area contributed by atoms with Gasteiger partial charge in [0.15, 0.2) is 0 Å². The van der Waals surface area contributed by atoms with Crippen LogP contribution in [0.5, 0.6) is 5.75 Å². The van der Waals surface area contributed by atoms with E-state index < -0.39 is 5.60 Å². The number of halogens is 1. The monoisotopic (exact) mass is 288 g/mol. The Hall–Kier alpha value is -1.87. The van der Waals surface area contributed by atoms with Crippen LogP contribution >= 0.6 is 0 Å². The highest BCUT2D eigenvalue weighted by atomic mass is 19.1. The van der Waals surface area contributed by atoms with Gasteiger partial charge >= 0.3 is 0 Å². The molecule has 0 heterocycles. The molecule has 1 aromatic carbocycles. The molecule has 0 fully saturated rings. The van der Waals surface area contributed by atoms with E-state index in [1.54, 1.807) is 50.5 Å². The van der Waals surface area contributed by atoms with E-state index in [4.69, 9.17) is 4.74 Å². The molecule has 2 unspecified atom stereocenters. The van der Waals surface area contributed by atoms with Crippen molar-refractivity contribution < 1.29 is 14.2 Å². The van der Waals surface area contributed by atoms with E-state index in [0.717, 1.165) is 16.9 Å². The summed E-state index contributed by atoms with van der Waals surface area (Å²) < 4.78 is 19.5. The van der Waals surface area contributed by atoms with Gasteiger partial charge in [-0.05, 0) is 43.7 Å². The van der Waals surface area contributed by atoms with Crippen molar-refractivity contribution in [2.24, 2.45) is 5.92 Å². The summed E-state index contributed by atoms with van der Waals surface area (Å²) in [7, 11) is 1.59. The van der Waals surface area contributed by atoms with Gasteiger partial charge in [0.2, 0.25) is 0 Å². The largest absolute Gasteiger partial charge is 0.497 e. The number of allylic oxidation sites excluding steroid dienone is 3. The average molecular weight is 288 g/mol. The molecule has 0 saturated heterocycles. The highest BCUT2D eigenvalue weighted by Gasteiger charge is 2.31. The van der Waals surface area contributed by atoms with Crippen LogP contribution in [0.4, 0.5) is 4.39 Å². The minimum atomic E-state index is -1.03. The zero-order chi connectivity index (χ0) is 15.6. The molecule has 2 atom stereocenters. The molecular formula is C18H21FO2. The SMILES string of the molecule is COc1ccc(/C=C(\F)C2=CC(C)(O)C(C)C(C)=C2)cc1. The molecule has 2 rings (SSSR count). The fourth-order valence-electron chi connectivity index (χ4n) is 2.38. The van der Waals surface area contributed by atoms with Gasteiger partial charge in [0.05, 0.1) is 12.7 Å². The van der Waals surface area contributed by atoms with E-state index >= 15 is 0 Å². The Labute approximate surface area is 125 Å². The lowest BCUT2D eigenvalue weighted by Crippen LogP contribution is -2.33. The molecule has 1 aromatic rings. The standard InChI is InChI=1S/C18H21FO2/c1-12-9-15(11-18(3,20)13(12)2)17(19)10-14-5-7-16(21-4)8-6-14/h5-11,13,20H,1-4H3/b17-10-. The van der Waals surface area contributed by atoms with Crippen molar-refractivity contribution >= 4 is 6.08 Å². The van der Waals surface area contributed by atoms with Crippen molar-refractivity contribution in [3.05, 3.63) is 59.0 Å².